The zero-order valence-corrected chi connectivity index (χ0v) is 23.1. The third-order valence-electron chi connectivity index (χ3n) is 7.41. The predicted molar refractivity (Wildman–Crippen MR) is 167 cm³/mol. The Balaban J connectivity index is 1.33. The summed E-state index contributed by atoms with van der Waals surface area (Å²) >= 11 is 7.96. The zero-order valence-electron chi connectivity index (χ0n) is 21.5. The van der Waals surface area contributed by atoms with Gasteiger partial charge in [0.15, 0.2) is 11.6 Å². The number of carbonyl (C=O) groups is 2. The molecule has 40 heavy (non-hydrogen) atoms. The van der Waals surface area contributed by atoms with Gasteiger partial charge in [-0.2, -0.15) is 0 Å². The van der Waals surface area contributed by atoms with Gasteiger partial charge >= 0.3 is 0 Å². The van der Waals surface area contributed by atoms with Crippen molar-refractivity contribution in [3.05, 3.63) is 141 Å². The lowest BCUT2D eigenvalue weighted by Crippen LogP contribution is -2.09. The van der Waals surface area contributed by atoms with Gasteiger partial charge in [0.1, 0.15) is 5.00 Å². The molecule has 0 spiro atoms. The van der Waals surface area contributed by atoms with Crippen LogP contribution < -0.4 is 4.90 Å². The van der Waals surface area contributed by atoms with Gasteiger partial charge in [0.25, 0.3) is 0 Å². The van der Waals surface area contributed by atoms with Crippen molar-refractivity contribution in [3.63, 3.8) is 0 Å². The lowest BCUT2D eigenvalue weighted by molar-refractivity contribution is 0.0990. The lowest BCUT2D eigenvalue weighted by atomic mass is 10.0. The molecule has 1 heterocycles. The Kier molecular flexibility index (Phi) is 5.88. The van der Waals surface area contributed by atoms with Crippen LogP contribution in [0.1, 0.15) is 31.2 Å². The molecule has 192 valence electrons. The summed E-state index contributed by atoms with van der Waals surface area (Å²) in [5.74, 6) is -0.450. The molecule has 0 aliphatic heterocycles. The maximum Gasteiger partial charge on any atom is 0.197 e. The summed E-state index contributed by atoms with van der Waals surface area (Å²) < 4.78 is 0. The molecule has 0 amide bonds. The van der Waals surface area contributed by atoms with Crippen LogP contribution in [0.25, 0.3) is 27.6 Å². The monoisotopic (exact) mass is 555 g/mol. The minimum absolute atomic E-state index is 0.203. The number of benzene rings is 5. The van der Waals surface area contributed by atoms with E-state index in [-0.39, 0.29) is 17.1 Å². The average Bonchev–Trinajstić information content (AvgIpc) is 3.52. The van der Waals surface area contributed by atoms with Crippen LogP contribution in [-0.2, 0) is 0 Å². The van der Waals surface area contributed by atoms with Crippen molar-refractivity contribution >= 4 is 78.5 Å². The summed E-state index contributed by atoms with van der Waals surface area (Å²) in [6, 6.07) is 35.8. The van der Waals surface area contributed by atoms with Crippen molar-refractivity contribution in [3.8, 4) is 0 Å². The van der Waals surface area contributed by atoms with Crippen molar-refractivity contribution in [2.75, 3.05) is 4.90 Å². The van der Waals surface area contributed by atoms with Gasteiger partial charge in [-0.3, -0.25) is 9.59 Å². The Morgan fingerprint density at radius 3 is 2.08 bits per heavy atom. The van der Waals surface area contributed by atoms with Crippen LogP contribution in [0.15, 0.2) is 115 Å². The number of Topliss-reactive ketones (excluding diaryl/α,β-unsaturated/α-hetero) is 2. The highest BCUT2D eigenvalue weighted by Gasteiger charge is 2.33. The van der Waals surface area contributed by atoms with Gasteiger partial charge in [-0.25, -0.2) is 0 Å². The quantitative estimate of drug-likeness (QED) is 0.160. The number of hydrogen-bond acceptors (Lipinski definition) is 4. The number of anilines is 3. The fraction of sp³-hybridized carbons (Fsp3) is 0.0286. The van der Waals surface area contributed by atoms with Gasteiger partial charge in [0.05, 0.1) is 11.3 Å². The van der Waals surface area contributed by atoms with Gasteiger partial charge in [0, 0.05) is 32.1 Å². The van der Waals surface area contributed by atoms with Crippen molar-refractivity contribution in [2.45, 2.75) is 6.92 Å². The summed E-state index contributed by atoms with van der Waals surface area (Å²) in [4.78, 5) is 29.7. The molecular weight excluding hydrogens is 534 g/mol. The molecule has 1 aliphatic rings. The highest BCUT2D eigenvalue weighted by molar-refractivity contribution is 7.17. The van der Waals surface area contributed by atoms with E-state index in [2.05, 4.69) is 42.2 Å². The Labute approximate surface area is 240 Å². The van der Waals surface area contributed by atoms with Crippen molar-refractivity contribution in [2.24, 2.45) is 0 Å². The molecule has 3 nitrogen and oxygen atoms in total. The molecule has 5 aromatic carbocycles. The Hall–Kier alpha value is -4.51. The molecule has 6 aromatic rings. The molecule has 0 fully saturated rings. The van der Waals surface area contributed by atoms with Gasteiger partial charge in [-0.15, -0.1) is 11.3 Å². The Morgan fingerprint density at radius 2 is 1.38 bits per heavy atom. The van der Waals surface area contributed by atoms with E-state index < -0.39 is 0 Å². The van der Waals surface area contributed by atoms with Crippen LogP contribution in [0.2, 0.25) is 5.02 Å². The number of fused-ring (bicyclic) bond motifs is 3. The minimum Gasteiger partial charge on any atom is -0.301 e. The summed E-state index contributed by atoms with van der Waals surface area (Å²) in [5.41, 5.74) is 4.30. The number of carbonyl (C=O) groups excluding carboxylic acids is 2. The minimum atomic E-state index is -0.225. The smallest absolute Gasteiger partial charge is 0.197 e. The second-order valence-electron chi connectivity index (χ2n) is 9.90. The van der Waals surface area contributed by atoms with E-state index in [9.17, 15) is 9.59 Å². The Morgan fingerprint density at radius 1 is 0.700 bits per heavy atom. The first-order valence-corrected chi connectivity index (χ1v) is 14.2. The largest absolute Gasteiger partial charge is 0.301 e. The van der Waals surface area contributed by atoms with Gasteiger partial charge in [0.2, 0.25) is 0 Å². The molecule has 7 rings (SSSR count). The molecular formula is C35H22ClNO2S. The number of halogens is 1. The molecule has 0 saturated carbocycles. The molecule has 1 aliphatic carbocycles. The SMILES string of the molecule is Cc1ccc(N(c2cccc(Cl)c2)c2ccc(C=C3C(=O)c4cc5ccccc5cc4C3=O)s2)c2ccccc12. The Bertz CT molecular complexity index is 1980. The second-order valence-corrected chi connectivity index (χ2v) is 11.4. The van der Waals surface area contributed by atoms with E-state index in [1.165, 1.54) is 22.3 Å². The number of nitrogens with zero attached hydrogens (tertiary/aromatic N) is 1. The number of hydrogen-bond donors (Lipinski definition) is 0. The molecule has 1 aromatic heterocycles. The summed E-state index contributed by atoms with van der Waals surface area (Å²) in [7, 11) is 0. The average molecular weight is 556 g/mol. The van der Waals surface area contributed by atoms with Crippen LogP contribution in [-0.4, -0.2) is 11.6 Å². The topological polar surface area (TPSA) is 37.4 Å². The van der Waals surface area contributed by atoms with Crippen LogP contribution in [0.4, 0.5) is 16.4 Å². The number of ketones is 2. The van der Waals surface area contributed by atoms with Crippen LogP contribution in [0.3, 0.4) is 0 Å². The molecule has 0 N–H and O–H groups in total. The maximum absolute atomic E-state index is 13.3. The normalized spacial score (nSPS) is 12.8. The first-order chi connectivity index (χ1) is 19.5. The summed E-state index contributed by atoms with van der Waals surface area (Å²) in [5, 5.41) is 5.79. The second kappa shape index (κ2) is 9.60. The highest BCUT2D eigenvalue weighted by atomic mass is 35.5. The van der Waals surface area contributed by atoms with Crippen LogP contribution in [0, 0.1) is 6.92 Å². The fourth-order valence-electron chi connectivity index (χ4n) is 5.45. The summed E-state index contributed by atoms with van der Waals surface area (Å²) in [6.07, 6.45) is 1.73. The van der Waals surface area contributed by atoms with E-state index in [1.54, 1.807) is 6.08 Å². The van der Waals surface area contributed by atoms with Gasteiger partial charge in [-0.1, -0.05) is 72.3 Å². The maximum atomic E-state index is 13.3. The van der Waals surface area contributed by atoms with E-state index in [0.717, 1.165) is 37.4 Å². The fourth-order valence-corrected chi connectivity index (χ4v) is 6.62. The summed E-state index contributed by atoms with van der Waals surface area (Å²) in [6.45, 7) is 2.11. The van der Waals surface area contributed by atoms with Crippen molar-refractivity contribution < 1.29 is 9.59 Å². The predicted octanol–water partition coefficient (Wildman–Crippen LogP) is 9.95. The van der Waals surface area contributed by atoms with Crippen LogP contribution >= 0.6 is 22.9 Å². The molecule has 0 unspecified atom stereocenters. The van der Waals surface area contributed by atoms with Crippen molar-refractivity contribution in [1.29, 1.82) is 0 Å². The van der Waals surface area contributed by atoms with Gasteiger partial charge in [-0.05, 0) is 83.3 Å². The number of rotatable bonds is 4. The van der Waals surface area contributed by atoms with E-state index >= 15 is 0 Å². The van der Waals surface area contributed by atoms with E-state index in [4.69, 9.17) is 11.6 Å². The molecule has 5 heteroatoms. The standard InChI is InChI=1S/C35H22ClNO2S/c1-21-13-15-32(28-12-5-4-11-27(21)28)37(25-10-6-9-24(36)19-25)33-16-14-26(40-33)20-31-34(38)29-17-22-7-2-3-8-23(22)18-30(29)35(31)39/h2-20H,1H3. The van der Waals surface area contributed by atoms with E-state index in [0.29, 0.717) is 16.1 Å². The van der Waals surface area contributed by atoms with Crippen molar-refractivity contribution in [1.82, 2.24) is 0 Å². The number of allylic oxidation sites excluding steroid dienone is 1. The first-order valence-electron chi connectivity index (χ1n) is 13.0. The molecule has 0 atom stereocenters. The zero-order chi connectivity index (χ0) is 27.4. The van der Waals surface area contributed by atoms with Gasteiger partial charge < -0.3 is 4.90 Å². The molecule has 0 radical (unpaired) electrons. The third kappa shape index (κ3) is 4.04. The first kappa shape index (κ1) is 24.5. The third-order valence-corrected chi connectivity index (χ3v) is 8.66. The molecule has 0 bridgehead atoms. The van der Waals surface area contributed by atoms with E-state index in [1.807, 2.05) is 78.9 Å². The number of aryl methyl sites for hydroxylation is 1. The molecule has 0 saturated heterocycles. The lowest BCUT2D eigenvalue weighted by Gasteiger charge is -2.25. The number of thiophene rings is 1. The van der Waals surface area contributed by atoms with Crippen LogP contribution in [0.5, 0.6) is 0 Å². The highest BCUT2D eigenvalue weighted by Crippen LogP contribution is 2.44.